The molecule has 1 heterocycles. The Bertz CT molecular complexity index is 1260. The van der Waals surface area contributed by atoms with Crippen molar-refractivity contribution in [2.45, 2.75) is 96.3 Å². The Morgan fingerprint density at radius 1 is 1.12 bits per heavy atom. The fourth-order valence-corrected chi connectivity index (χ4v) is 6.61. The number of hydrogen-bond donors (Lipinski definition) is 2. The van der Waals surface area contributed by atoms with Gasteiger partial charge in [0, 0.05) is 18.4 Å². The van der Waals surface area contributed by atoms with Crippen LogP contribution in [0.15, 0.2) is 36.4 Å². The molecule has 2 N–H and O–H groups in total. The molecule has 4 atom stereocenters. The molecule has 1 amide bonds. The van der Waals surface area contributed by atoms with Gasteiger partial charge in [-0.05, 0) is 85.8 Å². The molecule has 43 heavy (non-hydrogen) atoms. The Morgan fingerprint density at radius 2 is 1.77 bits per heavy atom. The summed E-state index contributed by atoms with van der Waals surface area (Å²) in [5.41, 5.74) is 2.09. The molecule has 1 fully saturated rings. The minimum atomic E-state index is -2.53. The zero-order chi connectivity index (χ0) is 32.1. The molecule has 1 saturated heterocycles. The van der Waals surface area contributed by atoms with Gasteiger partial charge in [-0.15, -0.1) is 0 Å². The highest BCUT2D eigenvalue weighted by atomic mass is 28.4. The van der Waals surface area contributed by atoms with Crippen LogP contribution in [0, 0.1) is 18.6 Å². The zero-order valence-corrected chi connectivity index (χ0v) is 27.5. The minimum Gasteiger partial charge on any atom is -0.465 e. The number of anilines is 1. The molecule has 2 aromatic rings. The summed E-state index contributed by atoms with van der Waals surface area (Å²) in [6.45, 7) is 15.0. The van der Waals surface area contributed by atoms with E-state index in [9.17, 15) is 23.5 Å². The van der Waals surface area contributed by atoms with Crippen LogP contribution in [0.3, 0.4) is 0 Å². The van der Waals surface area contributed by atoms with Gasteiger partial charge in [0.25, 0.3) is 0 Å². The Labute approximate surface area is 254 Å². The number of benzene rings is 2. The number of esters is 1. The number of carbonyl (C=O) groups is 2. The van der Waals surface area contributed by atoms with Crippen molar-refractivity contribution in [3.63, 3.8) is 0 Å². The van der Waals surface area contributed by atoms with Crippen LogP contribution < -0.4 is 5.32 Å². The van der Waals surface area contributed by atoms with Gasteiger partial charge >= 0.3 is 12.1 Å². The lowest BCUT2D eigenvalue weighted by atomic mass is 9.94. The fourth-order valence-electron chi connectivity index (χ4n) is 5.26. The SMILES string of the molecule is CCCOC1CC(C(O[Si](C)(C)C(C)(C)C)C(Cc2cc(F)cc(F)c2)Nc2cc(C)cc(C(=O)OC)c2)N(C(=O)O)C1. The average molecular weight is 621 g/mol. The number of amides is 1. The van der Waals surface area contributed by atoms with Crippen LogP contribution in [0.4, 0.5) is 19.3 Å². The molecule has 238 valence electrons. The number of methoxy groups -OCH3 is 1. The van der Waals surface area contributed by atoms with Crippen LogP contribution >= 0.6 is 0 Å². The number of hydrogen-bond acceptors (Lipinski definition) is 6. The molecular weight excluding hydrogens is 574 g/mol. The van der Waals surface area contributed by atoms with Gasteiger partial charge in [0.05, 0.1) is 43.5 Å². The van der Waals surface area contributed by atoms with Crippen LogP contribution in [0.25, 0.3) is 0 Å². The van der Waals surface area contributed by atoms with E-state index in [4.69, 9.17) is 13.9 Å². The second-order valence-electron chi connectivity index (χ2n) is 12.9. The quantitative estimate of drug-likeness (QED) is 0.194. The van der Waals surface area contributed by atoms with Gasteiger partial charge in [-0.25, -0.2) is 18.4 Å². The number of carbonyl (C=O) groups excluding carboxylic acids is 1. The van der Waals surface area contributed by atoms with Crippen molar-refractivity contribution in [1.82, 2.24) is 4.90 Å². The van der Waals surface area contributed by atoms with E-state index in [2.05, 4.69) is 39.2 Å². The summed E-state index contributed by atoms with van der Waals surface area (Å²) in [4.78, 5) is 26.4. The van der Waals surface area contributed by atoms with Gasteiger partial charge < -0.3 is 29.2 Å². The third kappa shape index (κ3) is 8.99. The summed E-state index contributed by atoms with van der Waals surface area (Å²) < 4.78 is 46.7. The molecule has 3 rings (SSSR count). The predicted molar refractivity (Wildman–Crippen MR) is 165 cm³/mol. The molecule has 0 saturated carbocycles. The molecule has 4 unspecified atom stereocenters. The Kier molecular flexibility index (Phi) is 11.4. The van der Waals surface area contributed by atoms with Crippen LogP contribution in [0.1, 0.15) is 62.0 Å². The second kappa shape index (κ2) is 14.2. The van der Waals surface area contributed by atoms with Crippen molar-refractivity contribution in [3.05, 3.63) is 64.7 Å². The number of likely N-dealkylation sites (tertiary alicyclic amines) is 1. The summed E-state index contributed by atoms with van der Waals surface area (Å²) in [5.74, 6) is -1.92. The second-order valence-corrected chi connectivity index (χ2v) is 17.6. The molecule has 0 aromatic heterocycles. The number of carboxylic acid groups (broad SMARTS) is 1. The number of ether oxygens (including phenoxy) is 2. The van der Waals surface area contributed by atoms with E-state index in [1.807, 2.05) is 19.9 Å². The largest absolute Gasteiger partial charge is 0.465 e. The minimum absolute atomic E-state index is 0.125. The lowest BCUT2D eigenvalue weighted by molar-refractivity contribution is 0.0581. The molecule has 2 aromatic carbocycles. The molecule has 11 heteroatoms. The molecule has 0 radical (unpaired) electrons. The third-order valence-electron chi connectivity index (χ3n) is 8.35. The molecule has 0 spiro atoms. The average Bonchev–Trinajstić information content (AvgIpc) is 3.32. The topological polar surface area (TPSA) is 97.3 Å². The van der Waals surface area contributed by atoms with Crippen LogP contribution in [0.2, 0.25) is 18.1 Å². The van der Waals surface area contributed by atoms with Crippen molar-refractivity contribution >= 4 is 26.1 Å². The summed E-state index contributed by atoms with van der Waals surface area (Å²) in [6.07, 6.45) is -0.800. The normalized spacial score (nSPS) is 18.8. The van der Waals surface area contributed by atoms with Crippen molar-refractivity contribution in [2.24, 2.45) is 0 Å². The first-order valence-corrected chi connectivity index (χ1v) is 17.7. The smallest absolute Gasteiger partial charge is 0.407 e. The highest BCUT2D eigenvalue weighted by Crippen LogP contribution is 2.40. The van der Waals surface area contributed by atoms with E-state index >= 15 is 0 Å². The molecule has 0 bridgehead atoms. The Balaban J connectivity index is 2.17. The van der Waals surface area contributed by atoms with Gasteiger partial charge in [-0.2, -0.15) is 0 Å². The van der Waals surface area contributed by atoms with Crippen LogP contribution in [-0.4, -0.2) is 74.9 Å². The molecule has 1 aliphatic heterocycles. The number of aryl methyl sites for hydroxylation is 1. The number of nitrogens with zero attached hydrogens (tertiary/aromatic N) is 1. The zero-order valence-electron chi connectivity index (χ0n) is 26.5. The first-order chi connectivity index (χ1) is 20.0. The van der Waals surface area contributed by atoms with Crippen LogP contribution in [0.5, 0.6) is 0 Å². The maximum atomic E-state index is 14.4. The molecule has 8 nitrogen and oxygen atoms in total. The number of halogens is 2. The summed E-state index contributed by atoms with van der Waals surface area (Å²) >= 11 is 0. The van der Waals surface area contributed by atoms with E-state index < -0.39 is 50.2 Å². The van der Waals surface area contributed by atoms with Crippen molar-refractivity contribution in [2.75, 3.05) is 25.6 Å². The first-order valence-electron chi connectivity index (χ1n) is 14.7. The van der Waals surface area contributed by atoms with Crippen molar-refractivity contribution in [1.29, 1.82) is 0 Å². The van der Waals surface area contributed by atoms with Gasteiger partial charge in [-0.3, -0.25) is 0 Å². The van der Waals surface area contributed by atoms with Gasteiger partial charge in [0.15, 0.2) is 8.32 Å². The molecule has 1 aliphatic rings. The Morgan fingerprint density at radius 3 is 2.33 bits per heavy atom. The van der Waals surface area contributed by atoms with Crippen molar-refractivity contribution < 1.29 is 37.4 Å². The summed E-state index contributed by atoms with van der Waals surface area (Å²) in [7, 11) is -1.23. The van der Waals surface area contributed by atoms with E-state index in [1.165, 1.54) is 24.1 Å². The summed E-state index contributed by atoms with van der Waals surface area (Å²) in [6, 6.07) is 7.33. The fraction of sp³-hybridized carbons (Fsp3) is 0.562. The van der Waals surface area contributed by atoms with E-state index in [0.717, 1.165) is 18.1 Å². The van der Waals surface area contributed by atoms with Gasteiger partial charge in [0.1, 0.15) is 11.6 Å². The molecule has 0 aliphatic carbocycles. The highest BCUT2D eigenvalue weighted by molar-refractivity contribution is 6.74. The van der Waals surface area contributed by atoms with Gasteiger partial charge in [0.2, 0.25) is 0 Å². The van der Waals surface area contributed by atoms with Gasteiger partial charge in [-0.1, -0.05) is 27.7 Å². The Hall–Kier alpha value is -3.02. The lowest BCUT2D eigenvalue weighted by Crippen LogP contribution is -2.57. The van der Waals surface area contributed by atoms with Crippen molar-refractivity contribution in [3.8, 4) is 0 Å². The maximum absolute atomic E-state index is 14.4. The summed E-state index contributed by atoms with van der Waals surface area (Å²) in [5, 5.41) is 13.5. The lowest BCUT2D eigenvalue weighted by Gasteiger charge is -2.45. The van der Waals surface area contributed by atoms with E-state index in [0.29, 0.717) is 29.8 Å². The molecular formula is C32H46F2N2O6Si. The number of nitrogens with one attached hydrogen (secondary N) is 1. The monoisotopic (exact) mass is 620 g/mol. The van der Waals surface area contributed by atoms with E-state index in [1.54, 1.807) is 12.1 Å². The third-order valence-corrected chi connectivity index (χ3v) is 12.8. The van der Waals surface area contributed by atoms with Crippen LogP contribution in [-0.2, 0) is 20.3 Å². The highest BCUT2D eigenvalue weighted by Gasteiger charge is 2.48. The standard InChI is InChI=1S/C32H46F2N2O6Si/c1-9-10-41-26-18-28(36(19-26)31(38)39)29(42-43(7,8)32(3,4)5)27(15-21-13-23(33)17-24(34)14-21)35-25-12-20(2)11-22(16-25)30(37)40-6/h11-14,16-17,26-29,35H,9-10,15,18-19H2,1-8H3,(H,38,39). The van der Waals surface area contributed by atoms with E-state index in [-0.39, 0.29) is 24.1 Å². The number of rotatable bonds is 12. The predicted octanol–water partition coefficient (Wildman–Crippen LogP) is 7.02. The maximum Gasteiger partial charge on any atom is 0.407 e. The first kappa shape index (κ1) is 34.5.